The Bertz CT molecular complexity index is 534. The first kappa shape index (κ1) is 14.1. The van der Waals surface area contributed by atoms with Crippen LogP contribution in [0.5, 0.6) is 0 Å². The molecule has 0 aliphatic heterocycles. The molecule has 6 heteroatoms. The maximum Gasteiger partial charge on any atom is 0.325 e. The summed E-state index contributed by atoms with van der Waals surface area (Å²) in [5, 5.41) is 15.5. The molecule has 6 nitrogen and oxygen atoms in total. The molecule has 2 N–H and O–H groups in total. The van der Waals surface area contributed by atoms with Crippen molar-refractivity contribution in [3.8, 4) is 0 Å². The molecule has 3 rings (SSSR count). The third-order valence-electron chi connectivity index (χ3n) is 4.62. The van der Waals surface area contributed by atoms with Gasteiger partial charge in [0.25, 0.3) is 0 Å². The molecule has 2 fully saturated rings. The minimum atomic E-state index is -0.949. The lowest BCUT2D eigenvalue weighted by molar-refractivity contribution is -0.137. The quantitative estimate of drug-likeness (QED) is 0.870. The van der Waals surface area contributed by atoms with Crippen molar-refractivity contribution in [1.82, 2.24) is 9.78 Å². The predicted molar refractivity (Wildman–Crippen MR) is 76.7 cm³/mol. The molecule has 0 aromatic carbocycles. The monoisotopic (exact) mass is 291 g/mol. The molecular weight excluding hydrogens is 270 g/mol. The molecule has 1 amide bonds. The fourth-order valence-corrected chi connectivity index (χ4v) is 3.47. The minimum absolute atomic E-state index is 0.0335. The number of carbonyl (C=O) groups excluding carboxylic acids is 1. The van der Waals surface area contributed by atoms with Crippen LogP contribution in [0, 0.1) is 17.8 Å². The van der Waals surface area contributed by atoms with E-state index in [0.29, 0.717) is 11.7 Å². The van der Waals surface area contributed by atoms with E-state index in [0.717, 1.165) is 12.3 Å². The lowest BCUT2D eigenvalue weighted by atomic mass is 9.85. The van der Waals surface area contributed by atoms with Crippen LogP contribution in [-0.4, -0.2) is 26.8 Å². The fourth-order valence-electron chi connectivity index (χ4n) is 3.47. The summed E-state index contributed by atoms with van der Waals surface area (Å²) in [7, 11) is 0. The summed E-state index contributed by atoms with van der Waals surface area (Å²) >= 11 is 0. The van der Waals surface area contributed by atoms with Gasteiger partial charge in [0.2, 0.25) is 5.91 Å². The average molecular weight is 291 g/mol. The third kappa shape index (κ3) is 3.43. The number of carboxylic acid groups (broad SMARTS) is 1. The molecular formula is C15H21N3O3. The van der Waals surface area contributed by atoms with E-state index < -0.39 is 5.97 Å². The van der Waals surface area contributed by atoms with E-state index in [9.17, 15) is 9.59 Å². The van der Waals surface area contributed by atoms with Gasteiger partial charge >= 0.3 is 5.97 Å². The maximum absolute atomic E-state index is 12.2. The second-order valence-corrected chi connectivity index (χ2v) is 6.19. The molecule has 2 atom stereocenters. The van der Waals surface area contributed by atoms with Crippen molar-refractivity contribution in [2.45, 2.75) is 45.1 Å². The van der Waals surface area contributed by atoms with E-state index in [-0.39, 0.29) is 18.4 Å². The van der Waals surface area contributed by atoms with Crippen molar-refractivity contribution in [3.05, 3.63) is 12.3 Å². The van der Waals surface area contributed by atoms with Crippen LogP contribution in [0.4, 0.5) is 5.82 Å². The number of hydrogen-bond donors (Lipinski definition) is 2. The zero-order chi connectivity index (χ0) is 14.8. The Morgan fingerprint density at radius 2 is 2.10 bits per heavy atom. The SMILES string of the molecule is O=C(O)Cn1ccc(NC(=O)[C@H]2C[C@H]2C2CCCCC2)n1. The van der Waals surface area contributed by atoms with E-state index in [2.05, 4.69) is 10.4 Å². The molecule has 0 saturated heterocycles. The zero-order valence-electron chi connectivity index (χ0n) is 12.0. The number of nitrogens with one attached hydrogen (secondary N) is 1. The van der Waals surface area contributed by atoms with E-state index in [1.807, 2.05) is 0 Å². The normalized spacial score (nSPS) is 25.5. The number of hydrogen-bond acceptors (Lipinski definition) is 3. The number of nitrogens with zero attached hydrogens (tertiary/aromatic N) is 2. The van der Waals surface area contributed by atoms with Gasteiger partial charge in [0, 0.05) is 18.2 Å². The second-order valence-electron chi connectivity index (χ2n) is 6.19. The summed E-state index contributed by atoms with van der Waals surface area (Å²) in [6.45, 7) is -0.190. The first-order chi connectivity index (χ1) is 10.1. The van der Waals surface area contributed by atoms with Crippen molar-refractivity contribution < 1.29 is 14.7 Å². The minimum Gasteiger partial charge on any atom is -0.480 e. The fraction of sp³-hybridized carbons (Fsp3) is 0.667. The molecule has 21 heavy (non-hydrogen) atoms. The summed E-state index contributed by atoms with van der Waals surface area (Å²) in [5.41, 5.74) is 0. The summed E-state index contributed by atoms with van der Waals surface area (Å²) in [6, 6.07) is 1.64. The Kier molecular flexibility index (Phi) is 3.94. The summed E-state index contributed by atoms with van der Waals surface area (Å²) in [6.07, 6.45) is 9.02. The molecule has 0 radical (unpaired) electrons. The molecule has 1 aromatic rings. The van der Waals surface area contributed by atoms with Gasteiger partial charge in [-0.1, -0.05) is 32.1 Å². The summed E-state index contributed by atoms with van der Waals surface area (Å²) in [4.78, 5) is 22.8. The van der Waals surface area contributed by atoms with Crippen molar-refractivity contribution >= 4 is 17.7 Å². The highest BCUT2D eigenvalue weighted by atomic mass is 16.4. The largest absolute Gasteiger partial charge is 0.480 e. The lowest BCUT2D eigenvalue weighted by Gasteiger charge is -2.21. The highest BCUT2D eigenvalue weighted by Gasteiger charge is 2.47. The van der Waals surface area contributed by atoms with E-state index >= 15 is 0 Å². The van der Waals surface area contributed by atoms with Crippen LogP contribution < -0.4 is 5.32 Å². The smallest absolute Gasteiger partial charge is 0.325 e. The van der Waals surface area contributed by atoms with Gasteiger partial charge in [0.1, 0.15) is 6.54 Å². The van der Waals surface area contributed by atoms with Crippen LogP contribution in [0.1, 0.15) is 38.5 Å². The Morgan fingerprint density at radius 1 is 1.33 bits per heavy atom. The number of aromatic nitrogens is 2. The topological polar surface area (TPSA) is 84.2 Å². The van der Waals surface area contributed by atoms with Crippen molar-refractivity contribution in [2.24, 2.45) is 17.8 Å². The molecule has 0 unspecified atom stereocenters. The van der Waals surface area contributed by atoms with Crippen LogP contribution in [0.25, 0.3) is 0 Å². The first-order valence-electron chi connectivity index (χ1n) is 7.69. The number of carboxylic acids is 1. The van der Waals surface area contributed by atoms with Gasteiger partial charge in [0.15, 0.2) is 5.82 Å². The van der Waals surface area contributed by atoms with Crippen molar-refractivity contribution in [1.29, 1.82) is 0 Å². The highest BCUT2D eigenvalue weighted by molar-refractivity contribution is 5.93. The van der Waals surface area contributed by atoms with Crippen LogP contribution in [0.15, 0.2) is 12.3 Å². The van der Waals surface area contributed by atoms with Gasteiger partial charge in [0.05, 0.1) is 0 Å². The molecule has 0 bridgehead atoms. The number of carbonyl (C=O) groups is 2. The Balaban J connectivity index is 1.50. The molecule has 2 saturated carbocycles. The Morgan fingerprint density at radius 3 is 2.81 bits per heavy atom. The van der Waals surface area contributed by atoms with Crippen molar-refractivity contribution in [3.63, 3.8) is 0 Å². The van der Waals surface area contributed by atoms with E-state index in [1.54, 1.807) is 12.3 Å². The second kappa shape index (κ2) is 5.87. The molecule has 1 heterocycles. The van der Waals surface area contributed by atoms with Gasteiger partial charge in [-0.3, -0.25) is 14.3 Å². The maximum atomic E-state index is 12.2. The number of amides is 1. The lowest BCUT2D eigenvalue weighted by Crippen LogP contribution is -2.18. The average Bonchev–Trinajstić information content (AvgIpc) is 3.16. The highest BCUT2D eigenvalue weighted by Crippen LogP contribution is 2.49. The van der Waals surface area contributed by atoms with Gasteiger partial charge in [-0.25, -0.2) is 0 Å². The zero-order valence-corrected chi connectivity index (χ0v) is 12.0. The molecule has 1 aromatic heterocycles. The Labute approximate surface area is 123 Å². The number of rotatable bonds is 5. The predicted octanol–water partition coefficient (Wildman–Crippen LogP) is 2.12. The standard InChI is InChI=1S/C15H21N3O3/c19-14(20)9-18-7-6-13(17-18)16-15(21)12-8-11(12)10-4-2-1-3-5-10/h6-7,10-12H,1-5,8-9H2,(H,19,20)(H,16,17,21)/t11-,12-/m0/s1. The summed E-state index contributed by atoms with van der Waals surface area (Å²) in [5.74, 6) is 0.917. The molecule has 0 spiro atoms. The van der Waals surface area contributed by atoms with Gasteiger partial charge in [-0.05, 0) is 18.3 Å². The van der Waals surface area contributed by atoms with E-state index in [1.165, 1.54) is 36.8 Å². The number of anilines is 1. The van der Waals surface area contributed by atoms with E-state index in [4.69, 9.17) is 5.11 Å². The van der Waals surface area contributed by atoms with Gasteiger partial charge in [-0.2, -0.15) is 5.10 Å². The van der Waals surface area contributed by atoms with Gasteiger partial charge < -0.3 is 10.4 Å². The number of aliphatic carboxylic acids is 1. The first-order valence-corrected chi connectivity index (χ1v) is 7.69. The molecule has 2 aliphatic carbocycles. The molecule has 2 aliphatic rings. The third-order valence-corrected chi connectivity index (χ3v) is 4.62. The van der Waals surface area contributed by atoms with Crippen LogP contribution in [-0.2, 0) is 16.1 Å². The summed E-state index contributed by atoms with van der Waals surface area (Å²) < 4.78 is 1.31. The Hall–Kier alpha value is -1.85. The van der Waals surface area contributed by atoms with Crippen molar-refractivity contribution in [2.75, 3.05) is 5.32 Å². The van der Waals surface area contributed by atoms with Crippen LogP contribution in [0.3, 0.4) is 0 Å². The van der Waals surface area contributed by atoms with Crippen LogP contribution in [0.2, 0.25) is 0 Å². The van der Waals surface area contributed by atoms with Crippen LogP contribution >= 0.6 is 0 Å². The van der Waals surface area contributed by atoms with Gasteiger partial charge in [-0.15, -0.1) is 0 Å². The molecule has 114 valence electrons.